The summed E-state index contributed by atoms with van der Waals surface area (Å²) in [7, 11) is 7.73. The number of ether oxygens (including phenoxy) is 2. The second-order valence-electron chi connectivity index (χ2n) is 13.3. The van der Waals surface area contributed by atoms with Gasteiger partial charge in [0, 0.05) is 48.4 Å². The Kier molecular flexibility index (Phi) is 25.5. The van der Waals surface area contributed by atoms with Crippen LogP contribution in [0.5, 0.6) is 11.5 Å². The van der Waals surface area contributed by atoms with Gasteiger partial charge in [0.1, 0.15) is 76.3 Å². The van der Waals surface area contributed by atoms with Crippen molar-refractivity contribution in [2.45, 2.75) is 6.92 Å². The van der Waals surface area contributed by atoms with Crippen LogP contribution in [0.15, 0.2) is 77.2 Å². The van der Waals surface area contributed by atoms with Gasteiger partial charge in [0.25, 0.3) is 0 Å². The topological polar surface area (TPSA) is 194 Å². The van der Waals surface area contributed by atoms with Crippen molar-refractivity contribution in [1.82, 2.24) is 4.58 Å². The molecule has 4 N–H and O–H groups in total. The molecule has 0 saturated heterocycles. The summed E-state index contributed by atoms with van der Waals surface area (Å²) in [6.07, 6.45) is 0. The number of benzene rings is 4. The number of carboxylic acid groups (broad SMARTS) is 4. The minimum atomic E-state index is -1.24. The van der Waals surface area contributed by atoms with Gasteiger partial charge in [0.05, 0.1) is 17.4 Å². The normalized spacial score (nSPS) is 10.2. The molecule has 0 atom stereocenters. The number of hydrogen-bond acceptors (Lipinski definition) is 10. The van der Waals surface area contributed by atoms with Gasteiger partial charge in [-0.25, -0.2) is 4.58 Å². The van der Waals surface area contributed by atoms with E-state index >= 15 is 0 Å². The van der Waals surface area contributed by atoms with Gasteiger partial charge in [-0.3, -0.25) is 19.2 Å². The third-order valence-corrected chi connectivity index (χ3v) is 8.67. The van der Waals surface area contributed by atoms with Crippen molar-refractivity contribution in [1.29, 1.82) is 0 Å². The molecule has 0 radical (unpaired) electrons. The molecule has 5 rings (SSSR count). The molecule has 0 fully saturated rings. The van der Waals surface area contributed by atoms with Crippen LogP contribution in [0.2, 0.25) is 0 Å². The van der Waals surface area contributed by atoms with Crippen LogP contribution in [0.3, 0.4) is 0 Å². The van der Waals surface area contributed by atoms with Crippen LogP contribution in [0.4, 0.5) is 17.1 Å². The van der Waals surface area contributed by atoms with Crippen LogP contribution in [0.1, 0.15) is 5.56 Å². The van der Waals surface area contributed by atoms with E-state index in [-0.39, 0.29) is 242 Å². The number of carbonyl (C=O) groups is 4. The van der Waals surface area contributed by atoms with Gasteiger partial charge in [0.15, 0.2) is 0 Å². The molecule has 0 unspecified atom stereocenters. The van der Waals surface area contributed by atoms with E-state index in [0.717, 1.165) is 33.1 Å². The number of anilines is 3. The van der Waals surface area contributed by atoms with Crippen molar-refractivity contribution >= 4 is 51.9 Å². The molecule has 59 heavy (non-hydrogen) atoms. The standard InChI is InChI=1S/C40H42N4O11.4K/c1-24-6-12-30(43(20-36(45)46)21-37(47)48)34(16-24)53-14-15-54-35-17-25(7-13-31(35)44(22-38(49)50)23-39(51)52)40-28-10-8-26(41(2)3)18-32(28)55-33-19-27(42(4)5)9-11-29(33)40;;;;/h6-13,16-19H,14-15,20-23H2,1-5H3,(H3-,45,46,47,48,49,50,51,52);;;;/q;4*+1/p+1. The summed E-state index contributed by atoms with van der Waals surface area (Å²) in [5.41, 5.74) is 5.10. The molecule has 0 spiro atoms. The van der Waals surface area contributed by atoms with Gasteiger partial charge < -0.3 is 49.0 Å². The number of aliphatic carboxylic acids is 4. The Balaban J connectivity index is 0.00000435. The van der Waals surface area contributed by atoms with E-state index in [4.69, 9.17) is 13.9 Å². The van der Waals surface area contributed by atoms with Crippen molar-refractivity contribution in [2.75, 3.05) is 82.3 Å². The molecule has 0 bridgehead atoms. The zero-order chi connectivity index (χ0) is 40.0. The predicted molar refractivity (Wildman–Crippen MR) is 207 cm³/mol. The fourth-order valence-electron chi connectivity index (χ4n) is 6.19. The van der Waals surface area contributed by atoms with E-state index in [0.29, 0.717) is 16.9 Å². The van der Waals surface area contributed by atoms with Crippen molar-refractivity contribution in [2.24, 2.45) is 0 Å². The molecule has 3 aromatic rings. The van der Waals surface area contributed by atoms with E-state index in [1.165, 1.54) is 9.80 Å². The van der Waals surface area contributed by atoms with Crippen LogP contribution >= 0.6 is 0 Å². The second-order valence-corrected chi connectivity index (χ2v) is 13.3. The average Bonchev–Trinajstić information content (AvgIpc) is 3.10. The molecule has 1 aliphatic heterocycles. The minimum Gasteiger partial charge on any atom is -0.488 e. The number of rotatable bonds is 17. The third-order valence-electron chi connectivity index (χ3n) is 8.67. The van der Waals surface area contributed by atoms with Crippen molar-refractivity contribution in [3.63, 3.8) is 0 Å². The Labute approximate surface area is 512 Å². The quantitative estimate of drug-likeness (QED) is 0.0298. The monoisotopic (exact) mass is 911 g/mol. The number of fused-ring (bicyclic) bond motifs is 2. The largest absolute Gasteiger partial charge is 1.00 e. The van der Waals surface area contributed by atoms with Crippen LogP contribution in [-0.2, 0) is 19.2 Å². The zero-order valence-corrected chi connectivity index (χ0v) is 47.6. The van der Waals surface area contributed by atoms with Crippen molar-refractivity contribution in [3.8, 4) is 33.9 Å². The number of nitrogens with zero attached hydrogens (tertiary/aromatic N) is 4. The molecule has 288 valence electrons. The Morgan fingerprint density at radius 1 is 0.644 bits per heavy atom. The summed E-state index contributed by atoms with van der Waals surface area (Å²) < 4.78 is 20.7. The van der Waals surface area contributed by atoms with E-state index in [9.17, 15) is 39.6 Å². The molecule has 0 saturated carbocycles. The first-order valence-electron chi connectivity index (χ1n) is 17.2. The van der Waals surface area contributed by atoms with Gasteiger partial charge in [-0.05, 0) is 60.5 Å². The molecule has 1 heterocycles. The molecular formula is C40H43K4N4O11+5. The summed E-state index contributed by atoms with van der Waals surface area (Å²) in [4.78, 5) is 51.2. The van der Waals surface area contributed by atoms with Gasteiger partial charge in [-0.2, -0.15) is 0 Å². The van der Waals surface area contributed by atoms with E-state index in [2.05, 4.69) is 0 Å². The van der Waals surface area contributed by atoms with Crippen LogP contribution < -0.4 is 240 Å². The van der Waals surface area contributed by atoms with Gasteiger partial charge >= 0.3 is 229 Å². The summed E-state index contributed by atoms with van der Waals surface area (Å²) in [6, 6.07) is 21.8. The van der Waals surface area contributed by atoms with E-state index in [1.807, 2.05) is 74.1 Å². The third kappa shape index (κ3) is 15.8. The summed E-state index contributed by atoms with van der Waals surface area (Å²) >= 11 is 0. The molecule has 0 aromatic heterocycles. The molecule has 3 aromatic carbocycles. The smallest absolute Gasteiger partial charge is 0.488 e. The maximum absolute atomic E-state index is 11.9. The van der Waals surface area contributed by atoms with Crippen LogP contribution in [0.25, 0.3) is 33.4 Å². The fourth-order valence-corrected chi connectivity index (χ4v) is 6.19. The van der Waals surface area contributed by atoms with Crippen molar-refractivity contribution < 1.29 is 259 Å². The summed E-state index contributed by atoms with van der Waals surface area (Å²) in [5.74, 6) is -3.89. The van der Waals surface area contributed by atoms with E-state index in [1.54, 1.807) is 43.3 Å². The van der Waals surface area contributed by atoms with Crippen LogP contribution in [-0.4, -0.2) is 112 Å². The first-order valence-corrected chi connectivity index (χ1v) is 17.2. The molecule has 2 aliphatic rings. The molecule has 0 amide bonds. The Hall–Kier alpha value is -0.225. The maximum Gasteiger partial charge on any atom is 1.00 e. The number of aryl methyl sites for hydroxylation is 1. The number of hydrogen-bond donors (Lipinski definition) is 4. The second kappa shape index (κ2) is 26.5. The molecule has 1 aliphatic carbocycles. The summed E-state index contributed by atoms with van der Waals surface area (Å²) in [5, 5.41) is 40.0. The maximum atomic E-state index is 11.9. The minimum absolute atomic E-state index is 0. The van der Waals surface area contributed by atoms with Crippen LogP contribution in [0, 0.1) is 6.92 Å². The SMILES string of the molecule is Cc1ccc(N(CC(=O)O)CC(=O)O)c(OCCOc2cc(-c3c4ccc(=[N+](C)C)cc-4oc4cc(N(C)C)ccc34)ccc2N(CC(=O)O)CC(=O)O)c1.[K+].[K+].[K+].[K+]. The molecular weight excluding hydrogens is 869 g/mol. The predicted octanol–water partition coefficient (Wildman–Crippen LogP) is -7.96. The first-order chi connectivity index (χ1) is 26.1. The number of carboxylic acids is 4. The Morgan fingerprint density at radius 3 is 1.64 bits per heavy atom. The Bertz CT molecular complexity index is 2280. The fraction of sp³-hybridized carbons (Fsp3) is 0.275. The molecule has 19 heteroatoms. The Morgan fingerprint density at radius 2 is 1.15 bits per heavy atom. The first kappa shape index (κ1) is 56.8. The van der Waals surface area contributed by atoms with E-state index < -0.39 is 50.1 Å². The van der Waals surface area contributed by atoms with Gasteiger partial charge in [-0.15, -0.1) is 0 Å². The van der Waals surface area contributed by atoms with Crippen molar-refractivity contribution in [3.05, 3.63) is 83.7 Å². The summed E-state index contributed by atoms with van der Waals surface area (Å²) in [6.45, 7) is -0.803. The zero-order valence-electron chi connectivity index (χ0n) is 35.1. The van der Waals surface area contributed by atoms with Gasteiger partial charge in [0.2, 0.25) is 5.36 Å². The van der Waals surface area contributed by atoms with Gasteiger partial charge in [-0.1, -0.05) is 12.1 Å². The molecule has 15 nitrogen and oxygen atoms in total. The average molecular weight is 912 g/mol.